The Balaban J connectivity index is 1.94. The van der Waals surface area contributed by atoms with Crippen LogP contribution >= 0.6 is 0 Å². The van der Waals surface area contributed by atoms with Gasteiger partial charge in [-0.2, -0.15) is 0 Å². The van der Waals surface area contributed by atoms with Crippen LogP contribution in [0.15, 0.2) is 24.3 Å². The highest BCUT2D eigenvalue weighted by atomic mass is 16.5. The van der Waals surface area contributed by atoms with E-state index in [4.69, 9.17) is 4.74 Å². The van der Waals surface area contributed by atoms with Crippen LogP contribution in [-0.2, 0) is 0 Å². The molecule has 0 aliphatic heterocycles. The van der Waals surface area contributed by atoms with Crippen LogP contribution in [0.2, 0.25) is 0 Å². The predicted octanol–water partition coefficient (Wildman–Crippen LogP) is 2.44. The highest BCUT2D eigenvalue weighted by Crippen LogP contribution is 2.34. The Kier molecular flexibility index (Phi) is 4.48. The highest BCUT2D eigenvalue weighted by molar-refractivity contribution is 6.06. The molecule has 5 heteroatoms. The highest BCUT2D eigenvalue weighted by Gasteiger charge is 2.32. The molecule has 1 saturated carbocycles. The zero-order chi connectivity index (χ0) is 16.4. The average Bonchev–Trinajstić information content (AvgIpc) is 3.38. The van der Waals surface area contributed by atoms with Crippen LogP contribution in [0.4, 0.5) is 0 Å². The van der Waals surface area contributed by atoms with E-state index in [0.29, 0.717) is 23.7 Å². The van der Waals surface area contributed by atoms with E-state index in [2.05, 4.69) is 10.3 Å². The van der Waals surface area contributed by atoms with Crippen molar-refractivity contribution < 1.29 is 14.6 Å². The minimum atomic E-state index is -0.112. The zero-order valence-corrected chi connectivity index (χ0v) is 13.5. The molecule has 1 amide bonds. The lowest BCUT2D eigenvalue weighted by Gasteiger charge is -2.18. The lowest BCUT2D eigenvalue weighted by Crippen LogP contribution is -2.37. The molecule has 1 aromatic heterocycles. The Morgan fingerprint density at radius 3 is 2.87 bits per heavy atom. The van der Waals surface area contributed by atoms with Crippen molar-refractivity contribution in [3.63, 3.8) is 0 Å². The molecular formula is C18H22N2O3. The molecule has 1 atom stereocenters. The maximum Gasteiger partial charge on any atom is 0.252 e. The number of carbonyl (C=O) groups excluding carboxylic acids is 1. The van der Waals surface area contributed by atoms with Gasteiger partial charge in [-0.05, 0) is 56.4 Å². The number of amides is 1. The number of aromatic nitrogens is 1. The summed E-state index contributed by atoms with van der Waals surface area (Å²) in [5, 5.41) is 13.1. The minimum Gasteiger partial charge on any atom is -0.497 e. The summed E-state index contributed by atoms with van der Waals surface area (Å²) in [5.74, 6) is 1.08. The first kappa shape index (κ1) is 15.7. The van der Waals surface area contributed by atoms with Gasteiger partial charge in [0, 0.05) is 23.7 Å². The molecule has 0 bridgehead atoms. The summed E-state index contributed by atoms with van der Waals surface area (Å²) in [4.78, 5) is 17.2. The van der Waals surface area contributed by atoms with Gasteiger partial charge in [-0.25, -0.2) is 0 Å². The normalized spacial score (nSPS) is 15.4. The number of carbonyl (C=O) groups is 1. The fourth-order valence-corrected chi connectivity index (χ4v) is 2.96. The molecule has 1 aliphatic carbocycles. The summed E-state index contributed by atoms with van der Waals surface area (Å²) in [5.41, 5.74) is 2.19. The Hall–Kier alpha value is -2.14. The van der Waals surface area contributed by atoms with Crippen molar-refractivity contribution in [3.05, 3.63) is 35.5 Å². The second kappa shape index (κ2) is 6.54. The monoisotopic (exact) mass is 314 g/mol. The molecule has 3 rings (SSSR count). The number of ether oxygens (including phenoxy) is 1. The number of fused-ring (bicyclic) bond motifs is 1. The van der Waals surface area contributed by atoms with Gasteiger partial charge in [0.15, 0.2) is 0 Å². The molecule has 122 valence electrons. The third kappa shape index (κ3) is 3.45. The van der Waals surface area contributed by atoms with Crippen molar-refractivity contribution in [3.8, 4) is 5.75 Å². The quantitative estimate of drug-likeness (QED) is 0.859. The van der Waals surface area contributed by atoms with Gasteiger partial charge < -0.3 is 15.2 Å². The average molecular weight is 314 g/mol. The van der Waals surface area contributed by atoms with Gasteiger partial charge in [0.1, 0.15) is 5.75 Å². The van der Waals surface area contributed by atoms with Crippen molar-refractivity contribution >= 4 is 16.8 Å². The van der Waals surface area contributed by atoms with Crippen molar-refractivity contribution in [2.45, 2.75) is 32.2 Å². The number of rotatable bonds is 6. The Labute approximate surface area is 135 Å². The predicted molar refractivity (Wildman–Crippen MR) is 88.7 cm³/mol. The summed E-state index contributed by atoms with van der Waals surface area (Å²) in [7, 11) is 1.60. The first-order chi connectivity index (χ1) is 11.1. The standard InChI is InChI=1S/C18H22N2O3/c1-11-9-15(14-10-13(23-2)5-6-17(14)19-11)18(22)20-16(7-8-21)12-3-4-12/h5-6,9-10,12,16,21H,3-4,7-8H2,1-2H3,(H,20,22). The molecule has 0 saturated heterocycles. The molecule has 1 aliphatic rings. The van der Waals surface area contributed by atoms with E-state index in [-0.39, 0.29) is 18.6 Å². The lowest BCUT2D eigenvalue weighted by atomic mass is 10.0. The number of aryl methyl sites for hydroxylation is 1. The number of pyridine rings is 1. The Morgan fingerprint density at radius 1 is 1.43 bits per heavy atom. The fourth-order valence-electron chi connectivity index (χ4n) is 2.96. The summed E-state index contributed by atoms with van der Waals surface area (Å²) in [6.07, 6.45) is 2.84. The van der Waals surface area contributed by atoms with Gasteiger partial charge in [0.05, 0.1) is 18.2 Å². The molecule has 1 aromatic carbocycles. The molecule has 2 N–H and O–H groups in total. The number of aliphatic hydroxyl groups excluding tert-OH is 1. The van der Waals surface area contributed by atoms with E-state index in [1.54, 1.807) is 13.2 Å². The maximum absolute atomic E-state index is 12.8. The van der Waals surface area contributed by atoms with Gasteiger partial charge in [-0.3, -0.25) is 9.78 Å². The topological polar surface area (TPSA) is 71.5 Å². The summed E-state index contributed by atoms with van der Waals surface area (Å²) in [6.45, 7) is 1.97. The third-order valence-electron chi connectivity index (χ3n) is 4.34. The molecule has 1 fully saturated rings. The second-order valence-electron chi connectivity index (χ2n) is 6.12. The smallest absolute Gasteiger partial charge is 0.252 e. The van der Waals surface area contributed by atoms with Crippen LogP contribution in [0.5, 0.6) is 5.75 Å². The third-order valence-corrected chi connectivity index (χ3v) is 4.34. The second-order valence-corrected chi connectivity index (χ2v) is 6.12. The van der Waals surface area contributed by atoms with Crippen molar-refractivity contribution in [2.75, 3.05) is 13.7 Å². The number of nitrogens with one attached hydrogen (secondary N) is 1. The number of aliphatic hydroxyl groups is 1. The maximum atomic E-state index is 12.8. The fraction of sp³-hybridized carbons (Fsp3) is 0.444. The van der Waals surface area contributed by atoms with Crippen LogP contribution in [-0.4, -0.2) is 35.8 Å². The molecule has 2 aromatic rings. The van der Waals surface area contributed by atoms with Gasteiger partial charge in [-0.15, -0.1) is 0 Å². The van der Waals surface area contributed by atoms with Gasteiger partial charge in [0.2, 0.25) is 0 Å². The molecule has 1 heterocycles. The summed E-state index contributed by atoms with van der Waals surface area (Å²) in [6, 6.07) is 7.40. The van der Waals surface area contributed by atoms with Crippen LogP contribution < -0.4 is 10.1 Å². The van der Waals surface area contributed by atoms with Crippen molar-refractivity contribution in [2.24, 2.45) is 5.92 Å². The summed E-state index contributed by atoms with van der Waals surface area (Å²) < 4.78 is 5.26. The van der Waals surface area contributed by atoms with Gasteiger partial charge in [0.25, 0.3) is 5.91 Å². The molecule has 1 unspecified atom stereocenters. The van der Waals surface area contributed by atoms with E-state index in [1.807, 2.05) is 25.1 Å². The van der Waals surface area contributed by atoms with Gasteiger partial charge >= 0.3 is 0 Å². The number of nitrogens with zero attached hydrogens (tertiary/aromatic N) is 1. The van der Waals surface area contributed by atoms with Crippen molar-refractivity contribution in [1.29, 1.82) is 0 Å². The lowest BCUT2D eigenvalue weighted by molar-refractivity contribution is 0.0926. The van der Waals surface area contributed by atoms with Crippen molar-refractivity contribution in [1.82, 2.24) is 10.3 Å². The summed E-state index contributed by atoms with van der Waals surface area (Å²) >= 11 is 0. The number of benzene rings is 1. The van der Waals surface area contributed by atoms with Crippen LogP contribution in [0.25, 0.3) is 10.9 Å². The number of hydrogen-bond acceptors (Lipinski definition) is 4. The zero-order valence-electron chi connectivity index (χ0n) is 13.5. The molecule has 0 spiro atoms. The molecule has 23 heavy (non-hydrogen) atoms. The number of methoxy groups -OCH3 is 1. The first-order valence-electron chi connectivity index (χ1n) is 7.99. The van der Waals surface area contributed by atoms with E-state index in [1.165, 1.54) is 0 Å². The van der Waals surface area contributed by atoms with Gasteiger partial charge in [-0.1, -0.05) is 0 Å². The van der Waals surface area contributed by atoms with Crippen LogP contribution in [0.3, 0.4) is 0 Å². The van der Waals surface area contributed by atoms with E-state index < -0.39 is 0 Å². The largest absolute Gasteiger partial charge is 0.497 e. The van der Waals surface area contributed by atoms with E-state index >= 15 is 0 Å². The molecule has 0 radical (unpaired) electrons. The minimum absolute atomic E-state index is 0.0432. The van der Waals surface area contributed by atoms with Crippen LogP contribution in [0, 0.1) is 12.8 Å². The first-order valence-corrected chi connectivity index (χ1v) is 7.99. The molecule has 5 nitrogen and oxygen atoms in total. The van der Waals surface area contributed by atoms with E-state index in [0.717, 1.165) is 29.4 Å². The SMILES string of the molecule is COc1ccc2nc(C)cc(C(=O)NC(CCO)C3CC3)c2c1. The Morgan fingerprint density at radius 2 is 2.22 bits per heavy atom. The van der Waals surface area contributed by atoms with Crippen LogP contribution in [0.1, 0.15) is 35.3 Å². The molecular weight excluding hydrogens is 292 g/mol. The van der Waals surface area contributed by atoms with E-state index in [9.17, 15) is 9.90 Å². The number of hydrogen-bond donors (Lipinski definition) is 2. The Bertz CT molecular complexity index is 726.